The third-order valence-corrected chi connectivity index (χ3v) is 6.56. The Hall–Kier alpha value is -3.36. The summed E-state index contributed by atoms with van der Waals surface area (Å²) in [4.78, 5) is 50.6. The molecule has 0 aromatic heterocycles. The van der Waals surface area contributed by atoms with Crippen LogP contribution in [-0.2, 0) is 19.1 Å². The maximum atomic E-state index is 13.1. The highest BCUT2D eigenvalue weighted by Crippen LogP contribution is 2.32. The van der Waals surface area contributed by atoms with Crippen LogP contribution in [0.25, 0.3) is 0 Å². The van der Waals surface area contributed by atoms with Gasteiger partial charge in [0.05, 0.1) is 19.1 Å². The smallest absolute Gasteiger partial charge is 0.330 e. The summed E-state index contributed by atoms with van der Waals surface area (Å²) in [6.07, 6.45) is 6.95. The summed E-state index contributed by atoms with van der Waals surface area (Å²) in [6.45, 7) is 11.7. The first-order chi connectivity index (χ1) is 18.6. The van der Waals surface area contributed by atoms with Gasteiger partial charge >= 0.3 is 18.0 Å². The Morgan fingerprint density at radius 1 is 0.897 bits per heavy atom. The number of nitrogens with zero attached hydrogens (tertiary/aromatic N) is 1. The van der Waals surface area contributed by atoms with Crippen LogP contribution in [0.2, 0.25) is 0 Å². The van der Waals surface area contributed by atoms with Crippen LogP contribution in [0.1, 0.15) is 79.1 Å². The largest absolute Gasteiger partial charge is 0.494 e. The molecule has 1 aliphatic carbocycles. The summed E-state index contributed by atoms with van der Waals surface area (Å²) < 4.78 is 16.3. The maximum Gasteiger partial charge on any atom is 0.330 e. The van der Waals surface area contributed by atoms with Crippen LogP contribution in [-0.4, -0.2) is 54.1 Å². The minimum Gasteiger partial charge on any atom is -0.494 e. The van der Waals surface area contributed by atoms with Crippen molar-refractivity contribution in [2.45, 2.75) is 91.1 Å². The zero-order valence-corrected chi connectivity index (χ0v) is 23.8. The second kappa shape index (κ2) is 16.6. The van der Waals surface area contributed by atoms with Gasteiger partial charge in [-0.3, -0.25) is 14.5 Å². The van der Waals surface area contributed by atoms with Gasteiger partial charge in [-0.2, -0.15) is 0 Å². The maximum absolute atomic E-state index is 13.1. The normalized spacial score (nSPS) is 16.9. The number of amides is 3. The summed E-state index contributed by atoms with van der Waals surface area (Å²) >= 11 is 0. The highest BCUT2D eigenvalue weighted by molar-refractivity contribution is 5.96. The molecular formula is C30H44N2O7. The minimum absolute atomic E-state index is 0.0593. The van der Waals surface area contributed by atoms with Crippen molar-refractivity contribution in [3.05, 3.63) is 36.9 Å². The second-order valence-corrected chi connectivity index (χ2v) is 10.5. The predicted octanol–water partition coefficient (Wildman–Crippen LogP) is 5.42. The van der Waals surface area contributed by atoms with E-state index >= 15 is 0 Å². The molecule has 0 radical (unpaired) electrons. The number of esters is 2. The molecule has 0 aliphatic heterocycles. The third kappa shape index (κ3) is 11.1. The van der Waals surface area contributed by atoms with Crippen LogP contribution in [0, 0.1) is 11.8 Å². The van der Waals surface area contributed by atoms with Gasteiger partial charge in [-0.25, -0.2) is 9.59 Å². The van der Waals surface area contributed by atoms with Gasteiger partial charge in [0.15, 0.2) is 0 Å². The van der Waals surface area contributed by atoms with E-state index in [9.17, 15) is 19.2 Å². The van der Waals surface area contributed by atoms with Gasteiger partial charge in [0.1, 0.15) is 11.5 Å². The highest BCUT2D eigenvalue weighted by Gasteiger charge is 2.36. The topological polar surface area (TPSA) is 111 Å². The summed E-state index contributed by atoms with van der Waals surface area (Å²) in [7, 11) is 0. The number of unbranched alkanes of at least 4 members (excludes halogenated alkanes) is 3. The molecule has 1 saturated carbocycles. The van der Waals surface area contributed by atoms with E-state index in [1.165, 1.54) is 4.90 Å². The van der Waals surface area contributed by atoms with Crippen LogP contribution in [0.15, 0.2) is 36.9 Å². The van der Waals surface area contributed by atoms with Crippen molar-refractivity contribution in [2.24, 2.45) is 11.8 Å². The predicted molar refractivity (Wildman–Crippen MR) is 148 cm³/mol. The van der Waals surface area contributed by atoms with E-state index < -0.39 is 5.97 Å². The van der Waals surface area contributed by atoms with Crippen molar-refractivity contribution < 1.29 is 33.4 Å². The summed E-state index contributed by atoms with van der Waals surface area (Å²) in [6, 6.07) is 6.30. The number of nitrogens with one attached hydrogen (secondary N) is 1. The Balaban J connectivity index is 1.71. The molecule has 1 aromatic rings. The molecule has 0 saturated heterocycles. The van der Waals surface area contributed by atoms with Crippen molar-refractivity contribution in [3.8, 4) is 11.5 Å². The number of hydrogen-bond donors (Lipinski definition) is 1. The van der Waals surface area contributed by atoms with Gasteiger partial charge in [0.25, 0.3) is 0 Å². The van der Waals surface area contributed by atoms with E-state index in [2.05, 4.69) is 11.9 Å². The van der Waals surface area contributed by atoms with Crippen molar-refractivity contribution in [1.29, 1.82) is 0 Å². The zero-order chi connectivity index (χ0) is 28.8. The number of urea groups is 1. The van der Waals surface area contributed by atoms with E-state index in [0.717, 1.165) is 31.8 Å². The molecule has 39 heavy (non-hydrogen) atoms. The molecule has 9 nitrogen and oxygen atoms in total. The van der Waals surface area contributed by atoms with E-state index in [4.69, 9.17) is 14.2 Å². The fraction of sp³-hybridized carbons (Fsp3) is 0.600. The number of rotatable bonds is 14. The van der Waals surface area contributed by atoms with Gasteiger partial charge in [0, 0.05) is 24.1 Å². The van der Waals surface area contributed by atoms with Crippen LogP contribution in [0.5, 0.6) is 11.5 Å². The summed E-state index contributed by atoms with van der Waals surface area (Å²) in [5, 5.41) is 2.80. The molecule has 216 valence electrons. The molecule has 0 atom stereocenters. The first kappa shape index (κ1) is 31.9. The Labute approximate surface area is 232 Å². The Kier molecular flexibility index (Phi) is 13.5. The van der Waals surface area contributed by atoms with E-state index in [-0.39, 0.29) is 41.8 Å². The molecule has 0 heterocycles. The quantitative estimate of drug-likeness (QED) is 0.144. The average molecular weight is 545 g/mol. The van der Waals surface area contributed by atoms with E-state index in [1.807, 2.05) is 27.7 Å². The van der Waals surface area contributed by atoms with Crippen molar-refractivity contribution in [2.75, 3.05) is 13.2 Å². The summed E-state index contributed by atoms with van der Waals surface area (Å²) in [5.41, 5.74) is 0. The van der Waals surface area contributed by atoms with Crippen LogP contribution >= 0.6 is 0 Å². The Bertz CT molecular complexity index is 951. The minimum atomic E-state index is -0.394. The number of carbonyl (C=O) groups excluding carboxylic acids is 4. The number of ether oxygens (including phenoxy) is 3. The average Bonchev–Trinajstić information content (AvgIpc) is 2.90. The van der Waals surface area contributed by atoms with Crippen molar-refractivity contribution in [1.82, 2.24) is 10.2 Å². The standard InChI is InChI=1S/C30H44N2O7/c1-6-27(33)38-20-10-8-7-9-19-37-25-15-17-26(18-16-25)39-29(35)24-13-11-23(12-14-24)28(34)32(22(4)5)30(36)31-21(2)3/h6,15-18,21-24H,1,7-14,19-20H2,2-5H3,(H,31,36). The SMILES string of the molecule is C=CC(=O)OCCCCCCOc1ccc(OC(=O)C2CCC(C(=O)N(C(=O)NC(C)C)C(C)C)CC2)cc1. The molecule has 3 amide bonds. The van der Waals surface area contributed by atoms with Crippen LogP contribution < -0.4 is 14.8 Å². The van der Waals surface area contributed by atoms with Gasteiger partial charge in [-0.05, 0) is 103 Å². The fourth-order valence-corrected chi connectivity index (χ4v) is 4.46. The summed E-state index contributed by atoms with van der Waals surface area (Å²) in [5.74, 6) is -0.274. The van der Waals surface area contributed by atoms with E-state index in [0.29, 0.717) is 50.4 Å². The van der Waals surface area contributed by atoms with Gasteiger partial charge in [0.2, 0.25) is 5.91 Å². The van der Waals surface area contributed by atoms with Gasteiger partial charge in [-0.1, -0.05) is 6.58 Å². The molecule has 9 heteroatoms. The zero-order valence-electron chi connectivity index (χ0n) is 23.8. The molecule has 0 bridgehead atoms. The molecule has 1 fully saturated rings. The molecule has 2 rings (SSSR count). The molecule has 0 spiro atoms. The first-order valence-corrected chi connectivity index (χ1v) is 14.0. The lowest BCUT2D eigenvalue weighted by molar-refractivity contribution is -0.143. The lowest BCUT2D eigenvalue weighted by atomic mass is 9.81. The van der Waals surface area contributed by atoms with Crippen molar-refractivity contribution in [3.63, 3.8) is 0 Å². The number of carbonyl (C=O) groups is 4. The Morgan fingerprint density at radius 3 is 2.03 bits per heavy atom. The van der Waals surface area contributed by atoms with Crippen LogP contribution in [0.3, 0.4) is 0 Å². The molecule has 0 unspecified atom stereocenters. The second-order valence-electron chi connectivity index (χ2n) is 10.5. The molecule has 1 N–H and O–H groups in total. The van der Waals surface area contributed by atoms with Crippen LogP contribution in [0.4, 0.5) is 4.79 Å². The fourth-order valence-electron chi connectivity index (χ4n) is 4.46. The third-order valence-electron chi connectivity index (χ3n) is 6.56. The van der Waals surface area contributed by atoms with E-state index in [1.54, 1.807) is 24.3 Å². The first-order valence-electron chi connectivity index (χ1n) is 14.0. The number of hydrogen-bond acceptors (Lipinski definition) is 7. The van der Waals surface area contributed by atoms with Crippen molar-refractivity contribution >= 4 is 23.9 Å². The monoisotopic (exact) mass is 544 g/mol. The molecule has 1 aromatic carbocycles. The lowest BCUT2D eigenvalue weighted by Gasteiger charge is -2.32. The molecular weight excluding hydrogens is 500 g/mol. The molecule has 1 aliphatic rings. The highest BCUT2D eigenvalue weighted by atomic mass is 16.5. The Morgan fingerprint density at radius 2 is 1.46 bits per heavy atom. The van der Waals surface area contributed by atoms with Gasteiger partial charge < -0.3 is 19.5 Å². The number of imide groups is 1. The number of benzene rings is 1. The van der Waals surface area contributed by atoms with Gasteiger partial charge in [-0.15, -0.1) is 0 Å². The lowest BCUT2D eigenvalue weighted by Crippen LogP contribution is -2.51.